The fraction of sp³-hybridized carbons (Fsp3) is 0.444. The maximum absolute atomic E-state index is 12.7. The van der Waals surface area contributed by atoms with Gasteiger partial charge < -0.3 is 10.6 Å². The average molecular weight is 391 g/mol. The Morgan fingerprint density at radius 2 is 2.17 bits per heavy atom. The Morgan fingerprint density at radius 1 is 1.42 bits per heavy atom. The molecule has 1 unspecified atom stereocenters. The lowest BCUT2D eigenvalue weighted by atomic mass is 9.90. The molecule has 1 saturated heterocycles. The Bertz CT molecular complexity index is 697. The number of hydrogen-bond donors (Lipinski definition) is 2. The van der Waals surface area contributed by atoms with E-state index in [0.29, 0.717) is 0 Å². The van der Waals surface area contributed by atoms with Gasteiger partial charge in [-0.1, -0.05) is 28.1 Å². The number of halogens is 1. The van der Waals surface area contributed by atoms with E-state index < -0.39 is 0 Å². The van der Waals surface area contributed by atoms with Crippen molar-refractivity contribution in [2.75, 3.05) is 13.1 Å². The van der Waals surface area contributed by atoms with E-state index in [1.165, 1.54) is 5.56 Å². The molecular weight excluding hydrogens is 368 g/mol. The smallest absolute Gasteiger partial charge is 0.225 e. The quantitative estimate of drug-likeness (QED) is 0.822. The van der Waals surface area contributed by atoms with E-state index in [-0.39, 0.29) is 23.8 Å². The van der Waals surface area contributed by atoms with Crippen LogP contribution >= 0.6 is 15.9 Å². The Hall–Kier alpha value is -1.66. The van der Waals surface area contributed by atoms with Gasteiger partial charge in [-0.05, 0) is 36.6 Å². The summed E-state index contributed by atoms with van der Waals surface area (Å²) in [6.07, 6.45) is 4.70. The molecule has 2 N–H and O–H groups in total. The second-order valence-electron chi connectivity index (χ2n) is 6.56. The number of hydrogen-bond acceptors (Lipinski definition) is 3. The molecule has 128 valence electrons. The number of nitrogens with zero attached hydrogens (tertiary/aromatic N) is 2. The summed E-state index contributed by atoms with van der Waals surface area (Å²) in [6, 6.07) is 8.34. The van der Waals surface area contributed by atoms with Gasteiger partial charge in [-0.15, -0.1) is 0 Å². The van der Waals surface area contributed by atoms with Crippen molar-refractivity contribution < 1.29 is 4.79 Å². The lowest BCUT2D eigenvalue weighted by Crippen LogP contribution is -2.40. The molecule has 1 aromatic heterocycles. The van der Waals surface area contributed by atoms with E-state index in [9.17, 15) is 4.79 Å². The highest BCUT2D eigenvalue weighted by Crippen LogP contribution is 2.28. The van der Waals surface area contributed by atoms with Crippen molar-refractivity contribution in [2.45, 2.75) is 25.3 Å². The molecule has 1 amide bonds. The van der Waals surface area contributed by atoms with E-state index >= 15 is 0 Å². The molecule has 24 heavy (non-hydrogen) atoms. The molecule has 0 aliphatic carbocycles. The first-order chi connectivity index (χ1) is 11.5. The number of benzene rings is 1. The SMILES string of the molecule is CC(Cc1ccc(Br)cc1)NC(=O)[C@H]1CNC[C@@H]1c1cnn(C)c1. The number of aromatic nitrogens is 2. The molecule has 0 spiro atoms. The van der Waals surface area contributed by atoms with Crippen LogP contribution in [0.5, 0.6) is 0 Å². The first kappa shape index (κ1) is 17.2. The topological polar surface area (TPSA) is 59.0 Å². The third-order valence-corrected chi connectivity index (χ3v) is 5.08. The van der Waals surface area contributed by atoms with Gasteiger partial charge in [0.05, 0.1) is 12.1 Å². The van der Waals surface area contributed by atoms with Gasteiger partial charge in [0.15, 0.2) is 0 Å². The number of rotatable bonds is 5. The van der Waals surface area contributed by atoms with Crippen molar-refractivity contribution in [3.63, 3.8) is 0 Å². The predicted molar refractivity (Wildman–Crippen MR) is 97.8 cm³/mol. The van der Waals surface area contributed by atoms with Crippen molar-refractivity contribution in [1.29, 1.82) is 0 Å². The van der Waals surface area contributed by atoms with Crippen LogP contribution in [0.15, 0.2) is 41.1 Å². The summed E-state index contributed by atoms with van der Waals surface area (Å²) in [5.41, 5.74) is 2.35. The van der Waals surface area contributed by atoms with E-state index in [0.717, 1.165) is 29.5 Å². The third kappa shape index (κ3) is 4.05. The number of aryl methyl sites for hydroxylation is 1. The minimum atomic E-state index is -0.0402. The van der Waals surface area contributed by atoms with Crippen LogP contribution in [0.2, 0.25) is 0 Å². The molecular formula is C18H23BrN4O. The van der Waals surface area contributed by atoms with Crippen LogP contribution in [0.4, 0.5) is 0 Å². The third-order valence-electron chi connectivity index (χ3n) is 4.55. The van der Waals surface area contributed by atoms with Gasteiger partial charge in [0.2, 0.25) is 5.91 Å². The summed E-state index contributed by atoms with van der Waals surface area (Å²) in [6.45, 7) is 3.60. The highest BCUT2D eigenvalue weighted by molar-refractivity contribution is 9.10. The van der Waals surface area contributed by atoms with Gasteiger partial charge in [0, 0.05) is 42.8 Å². The zero-order valence-corrected chi connectivity index (χ0v) is 15.6. The summed E-state index contributed by atoms with van der Waals surface area (Å²) < 4.78 is 2.86. The summed E-state index contributed by atoms with van der Waals surface area (Å²) >= 11 is 3.44. The predicted octanol–water partition coefficient (Wildman–Crippen LogP) is 2.23. The maximum Gasteiger partial charge on any atom is 0.225 e. The number of carbonyl (C=O) groups is 1. The van der Waals surface area contributed by atoms with Gasteiger partial charge >= 0.3 is 0 Å². The van der Waals surface area contributed by atoms with E-state index in [1.807, 2.05) is 31.6 Å². The highest BCUT2D eigenvalue weighted by Gasteiger charge is 2.35. The lowest BCUT2D eigenvalue weighted by molar-refractivity contribution is -0.125. The van der Waals surface area contributed by atoms with Crippen molar-refractivity contribution in [2.24, 2.45) is 13.0 Å². The zero-order chi connectivity index (χ0) is 17.1. The minimum absolute atomic E-state index is 0.0402. The summed E-state index contributed by atoms with van der Waals surface area (Å²) in [5, 5.41) is 10.7. The lowest BCUT2D eigenvalue weighted by Gasteiger charge is -2.20. The highest BCUT2D eigenvalue weighted by atomic mass is 79.9. The van der Waals surface area contributed by atoms with Gasteiger partial charge in [-0.2, -0.15) is 5.10 Å². The zero-order valence-electron chi connectivity index (χ0n) is 14.0. The van der Waals surface area contributed by atoms with Crippen LogP contribution in [0.25, 0.3) is 0 Å². The van der Waals surface area contributed by atoms with Crippen LogP contribution in [0.1, 0.15) is 24.0 Å². The molecule has 0 saturated carbocycles. The van der Waals surface area contributed by atoms with Crippen LogP contribution in [-0.4, -0.2) is 34.8 Å². The largest absolute Gasteiger partial charge is 0.353 e. The second kappa shape index (κ2) is 7.49. The molecule has 1 fully saturated rings. The number of nitrogens with one attached hydrogen (secondary N) is 2. The van der Waals surface area contributed by atoms with Gasteiger partial charge in [-0.25, -0.2) is 0 Å². The van der Waals surface area contributed by atoms with Crippen molar-refractivity contribution in [3.8, 4) is 0 Å². The van der Waals surface area contributed by atoms with E-state index in [4.69, 9.17) is 0 Å². The van der Waals surface area contributed by atoms with E-state index in [1.54, 1.807) is 4.68 Å². The van der Waals surface area contributed by atoms with Crippen LogP contribution in [-0.2, 0) is 18.3 Å². The average Bonchev–Trinajstić information content (AvgIpc) is 3.18. The molecule has 0 bridgehead atoms. The van der Waals surface area contributed by atoms with Gasteiger partial charge in [0.1, 0.15) is 0 Å². The molecule has 0 radical (unpaired) electrons. The van der Waals surface area contributed by atoms with Crippen LogP contribution < -0.4 is 10.6 Å². The molecule has 2 aromatic rings. The monoisotopic (exact) mass is 390 g/mol. The number of amides is 1. The van der Waals surface area contributed by atoms with Crippen molar-refractivity contribution >= 4 is 21.8 Å². The molecule has 1 aliphatic heterocycles. The molecule has 1 aliphatic rings. The summed E-state index contributed by atoms with van der Waals surface area (Å²) in [5.74, 6) is 0.276. The van der Waals surface area contributed by atoms with Gasteiger partial charge in [-0.3, -0.25) is 9.48 Å². The van der Waals surface area contributed by atoms with Gasteiger partial charge in [0.25, 0.3) is 0 Å². The Morgan fingerprint density at radius 3 is 2.83 bits per heavy atom. The molecule has 3 rings (SSSR count). The Labute approximate surface area is 151 Å². The second-order valence-corrected chi connectivity index (χ2v) is 7.47. The standard InChI is InChI=1S/C18H23BrN4O/c1-12(7-13-3-5-15(19)6-4-13)22-18(24)17-10-20-9-16(17)14-8-21-23(2)11-14/h3-6,8,11-12,16-17,20H,7,9-10H2,1-2H3,(H,22,24)/t12?,16-,17+/m1/s1. The molecule has 2 heterocycles. The van der Waals surface area contributed by atoms with Crippen molar-refractivity contribution in [1.82, 2.24) is 20.4 Å². The molecule has 6 heteroatoms. The first-order valence-electron chi connectivity index (χ1n) is 8.27. The summed E-state index contributed by atoms with van der Waals surface area (Å²) in [4.78, 5) is 12.7. The fourth-order valence-corrected chi connectivity index (χ4v) is 3.58. The summed E-state index contributed by atoms with van der Waals surface area (Å²) in [7, 11) is 1.90. The van der Waals surface area contributed by atoms with E-state index in [2.05, 4.69) is 50.7 Å². The molecule has 3 atom stereocenters. The minimum Gasteiger partial charge on any atom is -0.353 e. The fourth-order valence-electron chi connectivity index (χ4n) is 3.31. The molecule has 5 nitrogen and oxygen atoms in total. The molecule has 1 aromatic carbocycles. The van der Waals surface area contributed by atoms with Crippen LogP contribution in [0, 0.1) is 5.92 Å². The van der Waals surface area contributed by atoms with Crippen molar-refractivity contribution in [3.05, 3.63) is 52.3 Å². The van der Waals surface area contributed by atoms with Crippen LogP contribution in [0.3, 0.4) is 0 Å². The normalized spacial score (nSPS) is 21.6. The Kier molecular flexibility index (Phi) is 5.36. The Balaban J connectivity index is 1.60. The number of carbonyl (C=O) groups excluding carboxylic acids is 1. The first-order valence-corrected chi connectivity index (χ1v) is 9.06. The maximum atomic E-state index is 12.7.